The van der Waals surface area contributed by atoms with Gasteiger partial charge in [-0.05, 0) is 37.9 Å². The van der Waals surface area contributed by atoms with Gasteiger partial charge in [-0.25, -0.2) is 8.78 Å². The van der Waals surface area contributed by atoms with Crippen molar-refractivity contribution in [2.45, 2.75) is 25.0 Å². The van der Waals surface area contributed by atoms with Crippen LogP contribution in [0.3, 0.4) is 0 Å². The van der Waals surface area contributed by atoms with Crippen LogP contribution in [0.15, 0.2) is 18.2 Å². The highest BCUT2D eigenvalue weighted by atomic mass is 19.1. The Morgan fingerprint density at radius 3 is 2.29 bits per heavy atom. The van der Waals surface area contributed by atoms with Crippen molar-refractivity contribution >= 4 is 0 Å². The van der Waals surface area contributed by atoms with Crippen LogP contribution in [0.25, 0.3) is 0 Å². The first kappa shape index (κ1) is 12.5. The van der Waals surface area contributed by atoms with E-state index in [1.807, 2.05) is 0 Å². The summed E-state index contributed by atoms with van der Waals surface area (Å²) in [5.74, 6) is -0.643. The number of hydrogen-bond acceptors (Lipinski definition) is 2. The summed E-state index contributed by atoms with van der Waals surface area (Å²) >= 11 is 0. The van der Waals surface area contributed by atoms with Crippen LogP contribution in [0.5, 0.6) is 0 Å². The second kappa shape index (κ2) is 5.10. The molecule has 0 heterocycles. The van der Waals surface area contributed by atoms with Crippen molar-refractivity contribution in [3.63, 3.8) is 0 Å². The first-order chi connectivity index (χ1) is 8.19. The minimum Gasteiger partial charge on any atom is -0.379 e. The molecule has 4 heteroatoms. The lowest BCUT2D eigenvalue weighted by atomic mass is 9.97. The molecule has 1 N–H and O–H groups in total. The molecule has 0 bridgehead atoms. The number of hydrogen-bond donors (Lipinski definition) is 1. The van der Waals surface area contributed by atoms with Crippen LogP contribution in [0.4, 0.5) is 8.78 Å². The summed E-state index contributed by atoms with van der Waals surface area (Å²) in [7, 11) is 3.29. The number of benzene rings is 1. The second-order valence-corrected chi connectivity index (χ2v) is 4.44. The Morgan fingerprint density at radius 1 is 1.29 bits per heavy atom. The Kier molecular flexibility index (Phi) is 3.74. The fourth-order valence-electron chi connectivity index (χ4n) is 2.31. The largest absolute Gasteiger partial charge is 0.379 e. The molecule has 0 aliphatic heterocycles. The van der Waals surface area contributed by atoms with Crippen LogP contribution in [0.1, 0.15) is 24.4 Å². The molecular formula is C13H17F2NO. The minimum atomic E-state index is -0.521. The maximum absolute atomic E-state index is 13.7. The molecule has 0 aromatic heterocycles. The van der Waals surface area contributed by atoms with Crippen LogP contribution in [-0.2, 0) is 4.74 Å². The fourth-order valence-corrected chi connectivity index (χ4v) is 2.31. The highest BCUT2D eigenvalue weighted by Crippen LogP contribution is 2.40. The van der Waals surface area contributed by atoms with E-state index in [4.69, 9.17) is 4.74 Å². The van der Waals surface area contributed by atoms with E-state index in [1.165, 1.54) is 18.2 Å². The van der Waals surface area contributed by atoms with Gasteiger partial charge in [0.2, 0.25) is 0 Å². The molecule has 0 spiro atoms. The molecule has 2 unspecified atom stereocenters. The Bertz CT molecular complexity index is 373. The molecule has 1 fully saturated rings. The quantitative estimate of drug-likeness (QED) is 0.855. The average Bonchev–Trinajstić information content (AvgIpc) is 3.11. The SMILES string of the molecule is CNC(c1c(F)cccc1F)C(OC)C1CC1. The lowest BCUT2D eigenvalue weighted by Crippen LogP contribution is -2.34. The molecule has 17 heavy (non-hydrogen) atoms. The lowest BCUT2D eigenvalue weighted by Gasteiger charge is -2.26. The highest BCUT2D eigenvalue weighted by molar-refractivity contribution is 5.25. The molecule has 1 saturated carbocycles. The summed E-state index contributed by atoms with van der Waals surface area (Å²) in [4.78, 5) is 0. The van der Waals surface area contributed by atoms with Gasteiger partial charge in [0.25, 0.3) is 0 Å². The summed E-state index contributed by atoms with van der Waals surface area (Å²) in [6, 6.07) is 3.50. The summed E-state index contributed by atoms with van der Waals surface area (Å²) in [5.41, 5.74) is 0.0775. The third kappa shape index (κ3) is 2.48. The van der Waals surface area contributed by atoms with E-state index in [-0.39, 0.29) is 11.7 Å². The van der Waals surface area contributed by atoms with Crippen LogP contribution in [0, 0.1) is 17.6 Å². The van der Waals surface area contributed by atoms with Crippen LogP contribution < -0.4 is 5.32 Å². The smallest absolute Gasteiger partial charge is 0.131 e. The van der Waals surface area contributed by atoms with Gasteiger partial charge in [0.05, 0.1) is 12.1 Å². The predicted molar refractivity (Wildman–Crippen MR) is 61.7 cm³/mol. The van der Waals surface area contributed by atoms with Crippen molar-refractivity contribution in [3.05, 3.63) is 35.4 Å². The lowest BCUT2D eigenvalue weighted by molar-refractivity contribution is 0.0508. The standard InChI is InChI=1S/C13H17F2NO/c1-16-12(13(17-2)8-6-7-8)11-9(14)4-3-5-10(11)15/h3-5,8,12-13,16H,6-7H2,1-2H3. The van der Waals surface area contributed by atoms with Gasteiger partial charge in [-0.15, -0.1) is 0 Å². The molecule has 1 aliphatic carbocycles. The van der Waals surface area contributed by atoms with Crippen molar-refractivity contribution in [1.82, 2.24) is 5.32 Å². The van der Waals surface area contributed by atoms with Crippen LogP contribution in [-0.4, -0.2) is 20.3 Å². The molecule has 1 aliphatic rings. The normalized spacial score (nSPS) is 19.1. The average molecular weight is 241 g/mol. The van der Waals surface area contributed by atoms with Crippen molar-refractivity contribution in [1.29, 1.82) is 0 Å². The summed E-state index contributed by atoms with van der Waals surface area (Å²) in [5, 5.41) is 2.97. The van der Waals surface area contributed by atoms with E-state index in [9.17, 15) is 8.78 Å². The number of ether oxygens (including phenoxy) is 1. The molecule has 1 aromatic carbocycles. The molecule has 0 saturated heterocycles. The van der Waals surface area contributed by atoms with Gasteiger partial charge in [-0.1, -0.05) is 6.07 Å². The van der Waals surface area contributed by atoms with Gasteiger partial charge in [0.1, 0.15) is 11.6 Å². The minimum absolute atomic E-state index is 0.0775. The molecule has 94 valence electrons. The number of likely N-dealkylation sites (N-methyl/N-ethyl adjacent to an activating group) is 1. The number of halogens is 2. The zero-order valence-corrected chi connectivity index (χ0v) is 10.0. The van der Waals surface area contributed by atoms with Crippen molar-refractivity contribution in [2.75, 3.05) is 14.2 Å². The Hall–Kier alpha value is -1.00. The van der Waals surface area contributed by atoms with Gasteiger partial charge in [-0.2, -0.15) is 0 Å². The Balaban J connectivity index is 2.33. The molecule has 2 atom stereocenters. The van der Waals surface area contributed by atoms with Crippen molar-refractivity contribution in [3.8, 4) is 0 Å². The van der Waals surface area contributed by atoms with Gasteiger partial charge >= 0.3 is 0 Å². The maximum Gasteiger partial charge on any atom is 0.131 e. The molecule has 1 aromatic rings. The highest BCUT2D eigenvalue weighted by Gasteiger charge is 2.38. The van der Waals surface area contributed by atoms with E-state index in [1.54, 1.807) is 14.2 Å². The number of rotatable bonds is 5. The molecule has 2 nitrogen and oxygen atoms in total. The van der Waals surface area contributed by atoms with Gasteiger partial charge < -0.3 is 10.1 Å². The number of nitrogens with one attached hydrogen (secondary N) is 1. The molecule has 0 amide bonds. The maximum atomic E-state index is 13.7. The fraction of sp³-hybridized carbons (Fsp3) is 0.538. The summed E-state index contributed by atoms with van der Waals surface area (Å²) < 4.78 is 32.9. The molecule has 2 rings (SSSR count). The monoisotopic (exact) mass is 241 g/mol. The van der Waals surface area contributed by atoms with Gasteiger partial charge in [0.15, 0.2) is 0 Å². The van der Waals surface area contributed by atoms with Crippen LogP contribution >= 0.6 is 0 Å². The predicted octanol–water partition coefficient (Wildman–Crippen LogP) is 2.65. The Labute approximate surface area is 100.0 Å². The summed E-state index contributed by atoms with van der Waals surface area (Å²) in [6.45, 7) is 0. The van der Waals surface area contributed by atoms with Gasteiger partial charge in [0, 0.05) is 12.7 Å². The topological polar surface area (TPSA) is 21.3 Å². The van der Waals surface area contributed by atoms with E-state index in [2.05, 4.69) is 5.32 Å². The van der Waals surface area contributed by atoms with Crippen molar-refractivity contribution in [2.24, 2.45) is 5.92 Å². The van der Waals surface area contributed by atoms with Gasteiger partial charge in [-0.3, -0.25) is 0 Å². The number of methoxy groups -OCH3 is 1. The van der Waals surface area contributed by atoms with E-state index >= 15 is 0 Å². The first-order valence-corrected chi connectivity index (χ1v) is 5.83. The third-order valence-corrected chi connectivity index (χ3v) is 3.31. The zero-order chi connectivity index (χ0) is 12.4. The van der Waals surface area contributed by atoms with E-state index < -0.39 is 17.7 Å². The van der Waals surface area contributed by atoms with E-state index in [0.29, 0.717) is 5.92 Å². The van der Waals surface area contributed by atoms with E-state index in [0.717, 1.165) is 12.8 Å². The third-order valence-electron chi connectivity index (χ3n) is 3.31. The van der Waals surface area contributed by atoms with Crippen molar-refractivity contribution < 1.29 is 13.5 Å². The van der Waals surface area contributed by atoms with Crippen LogP contribution in [0.2, 0.25) is 0 Å². The Morgan fingerprint density at radius 2 is 1.88 bits per heavy atom. The summed E-state index contributed by atoms with van der Waals surface area (Å²) in [6.07, 6.45) is 1.95. The zero-order valence-electron chi connectivity index (χ0n) is 10.0. The molecular weight excluding hydrogens is 224 g/mol. The first-order valence-electron chi connectivity index (χ1n) is 5.83. The second-order valence-electron chi connectivity index (χ2n) is 4.44. The molecule has 0 radical (unpaired) electrons.